The average Bonchev–Trinajstić information content (AvgIpc) is 3.12. The SMILES string of the molecule is COc1ccccc1/C=C/c1nc2c(cnn2-c2ncccn2)c(=O)[nH]1. The number of para-hydroxylation sites is 1. The third-order valence-corrected chi connectivity index (χ3v) is 3.76. The molecular formula is C18H14N6O2. The summed E-state index contributed by atoms with van der Waals surface area (Å²) in [6, 6.07) is 9.27. The molecule has 0 saturated carbocycles. The normalized spacial score (nSPS) is 11.3. The van der Waals surface area contributed by atoms with Crippen molar-refractivity contribution in [3.63, 3.8) is 0 Å². The molecule has 4 rings (SSSR count). The van der Waals surface area contributed by atoms with Gasteiger partial charge in [0.15, 0.2) is 5.65 Å². The highest BCUT2D eigenvalue weighted by Crippen LogP contribution is 2.19. The molecule has 0 unspecified atom stereocenters. The number of rotatable bonds is 4. The van der Waals surface area contributed by atoms with Crippen molar-refractivity contribution >= 4 is 23.2 Å². The van der Waals surface area contributed by atoms with Gasteiger partial charge < -0.3 is 9.72 Å². The lowest BCUT2D eigenvalue weighted by Crippen LogP contribution is -2.11. The summed E-state index contributed by atoms with van der Waals surface area (Å²) in [7, 11) is 1.61. The summed E-state index contributed by atoms with van der Waals surface area (Å²) in [6.45, 7) is 0. The van der Waals surface area contributed by atoms with E-state index in [1.165, 1.54) is 10.9 Å². The van der Waals surface area contributed by atoms with Crippen LogP contribution >= 0.6 is 0 Å². The second-order valence-electron chi connectivity index (χ2n) is 5.37. The number of aromatic amines is 1. The highest BCUT2D eigenvalue weighted by Gasteiger charge is 2.12. The molecule has 3 heterocycles. The molecule has 0 bridgehead atoms. The number of hydrogen-bond acceptors (Lipinski definition) is 6. The van der Waals surface area contributed by atoms with E-state index in [9.17, 15) is 4.79 Å². The van der Waals surface area contributed by atoms with Crippen LogP contribution in [0.3, 0.4) is 0 Å². The van der Waals surface area contributed by atoms with Crippen molar-refractivity contribution < 1.29 is 4.74 Å². The van der Waals surface area contributed by atoms with E-state index in [4.69, 9.17) is 4.74 Å². The fraction of sp³-hybridized carbons (Fsp3) is 0.0556. The van der Waals surface area contributed by atoms with E-state index in [0.29, 0.717) is 22.8 Å². The zero-order chi connectivity index (χ0) is 17.9. The Morgan fingerprint density at radius 2 is 1.92 bits per heavy atom. The van der Waals surface area contributed by atoms with Crippen LogP contribution in [0.4, 0.5) is 0 Å². The average molecular weight is 346 g/mol. The van der Waals surface area contributed by atoms with Crippen LogP contribution < -0.4 is 10.3 Å². The molecule has 128 valence electrons. The van der Waals surface area contributed by atoms with Crippen molar-refractivity contribution in [3.8, 4) is 11.7 Å². The number of nitrogens with zero attached hydrogens (tertiary/aromatic N) is 5. The quantitative estimate of drug-likeness (QED) is 0.607. The van der Waals surface area contributed by atoms with Gasteiger partial charge >= 0.3 is 0 Å². The second kappa shape index (κ2) is 6.60. The van der Waals surface area contributed by atoms with Gasteiger partial charge in [0.05, 0.1) is 13.3 Å². The summed E-state index contributed by atoms with van der Waals surface area (Å²) >= 11 is 0. The third-order valence-electron chi connectivity index (χ3n) is 3.76. The smallest absolute Gasteiger partial charge is 0.262 e. The van der Waals surface area contributed by atoms with E-state index in [0.717, 1.165) is 11.3 Å². The van der Waals surface area contributed by atoms with E-state index in [-0.39, 0.29) is 5.56 Å². The molecule has 0 aliphatic heterocycles. The molecule has 0 amide bonds. The predicted octanol–water partition coefficient (Wildman–Crippen LogP) is 2.08. The molecule has 8 nitrogen and oxygen atoms in total. The third kappa shape index (κ3) is 2.84. The Morgan fingerprint density at radius 1 is 1.12 bits per heavy atom. The minimum atomic E-state index is -0.281. The Balaban J connectivity index is 1.79. The number of hydrogen-bond donors (Lipinski definition) is 1. The Bertz CT molecular complexity index is 1150. The van der Waals surface area contributed by atoms with Crippen LogP contribution in [0.1, 0.15) is 11.4 Å². The zero-order valence-corrected chi connectivity index (χ0v) is 13.8. The number of ether oxygens (including phenoxy) is 1. The Labute approximate surface area is 147 Å². The van der Waals surface area contributed by atoms with Gasteiger partial charge in [-0.3, -0.25) is 4.79 Å². The molecule has 0 aliphatic rings. The van der Waals surface area contributed by atoms with Crippen LogP contribution in [0, 0.1) is 0 Å². The van der Waals surface area contributed by atoms with E-state index < -0.39 is 0 Å². The summed E-state index contributed by atoms with van der Waals surface area (Å²) in [6.07, 6.45) is 8.19. The first-order valence-electron chi connectivity index (χ1n) is 7.83. The lowest BCUT2D eigenvalue weighted by Gasteiger charge is -2.03. The number of H-pyrrole nitrogens is 1. The first-order chi connectivity index (χ1) is 12.8. The van der Waals surface area contributed by atoms with Gasteiger partial charge in [0.25, 0.3) is 11.5 Å². The van der Waals surface area contributed by atoms with Gasteiger partial charge in [-0.05, 0) is 24.3 Å². The minimum absolute atomic E-state index is 0.281. The second-order valence-corrected chi connectivity index (χ2v) is 5.37. The first-order valence-corrected chi connectivity index (χ1v) is 7.83. The number of fused-ring (bicyclic) bond motifs is 1. The van der Waals surface area contributed by atoms with Crippen molar-refractivity contribution in [2.45, 2.75) is 0 Å². The number of aromatic nitrogens is 6. The molecule has 4 aromatic rings. The molecule has 0 saturated heterocycles. The van der Waals surface area contributed by atoms with Gasteiger partial charge in [-0.15, -0.1) is 0 Å². The predicted molar refractivity (Wildman–Crippen MR) is 97.0 cm³/mol. The molecule has 0 aliphatic carbocycles. The molecule has 0 fully saturated rings. The highest BCUT2D eigenvalue weighted by molar-refractivity contribution is 5.77. The molecule has 0 spiro atoms. The van der Waals surface area contributed by atoms with Gasteiger partial charge in [0, 0.05) is 18.0 Å². The summed E-state index contributed by atoms with van der Waals surface area (Å²) < 4.78 is 6.75. The maximum absolute atomic E-state index is 12.3. The molecule has 0 radical (unpaired) electrons. The molecular weight excluding hydrogens is 332 g/mol. The van der Waals surface area contributed by atoms with Gasteiger partial charge in [0.2, 0.25) is 0 Å². The lowest BCUT2D eigenvalue weighted by atomic mass is 10.2. The minimum Gasteiger partial charge on any atom is -0.496 e. The Hall–Kier alpha value is -3.81. The fourth-order valence-electron chi connectivity index (χ4n) is 2.53. The monoisotopic (exact) mass is 346 g/mol. The van der Waals surface area contributed by atoms with Crippen molar-refractivity contribution in [2.75, 3.05) is 7.11 Å². The van der Waals surface area contributed by atoms with Crippen LogP contribution in [-0.2, 0) is 0 Å². The van der Waals surface area contributed by atoms with E-state index in [1.807, 2.05) is 30.3 Å². The Kier molecular flexibility index (Phi) is 3.98. The van der Waals surface area contributed by atoms with E-state index >= 15 is 0 Å². The lowest BCUT2D eigenvalue weighted by molar-refractivity contribution is 0.414. The maximum atomic E-state index is 12.3. The largest absolute Gasteiger partial charge is 0.496 e. The summed E-state index contributed by atoms with van der Waals surface area (Å²) in [4.78, 5) is 27.8. The van der Waals surface area contributed by atoms with Gasteiger partial charge in [-0.25, -0.2) is 15.0 Å². The Morgan fingerprint density at radius 3 is 2.73 bits per heavy atom. The summed E-state index contributed by atoms with van der Waals surface area (Å²) in [5, 5.41) is 4.55. The number of nitrogens with one attached hydrogen (secondary N) is 1. The summed E-state index contributed by atoms with van der Waals surface area (Å²) in [5.41, 5.74) is 0.981. The molecule has 1 aromatic carbocycles. The van der Waals surface area contributed by atoms with Crippen molar-refractivity contribution in [1.29, 1.82) is 0 Å². The van der Waals surface area contributed by atoms with Crippen LogP contribution in [0.15, 0.2) is 53.7 Å². The fourth-order valence-corrected chi connectivity index (χ4v) is 2.53. The van der Waals surface area contributed by atoms with Crippen LogP contribution in [-0.4, -0.2) is 36.8 Å². The number of benzene rings is 1. The van der Waals surface area contributed by atoms with Gasteiger partial charge in [0.1, 0.15) is 17.0 Å². The number of methoxy groups -OCH3 is 1. The van der Waals surface area contributed by atoms with Crippen LogP contribution in [0.25, 0.3) is 29.1 Å². The molecule has 0 atom stereocenters. The van der Waals surface area contributed by atoms with Gasteiger partial charge in [-0.1, -0.05) is 18.2 Å². The molecule has 3 aromatic heterocycles. The van der Waals surface area contributed by atoms with Crippen molar-refractivity contribution in [1.82, 2.24) is 29.7 Å². The molecule has 26 heavy (non-hydrogen) atoms. The zero-order valence-electron chi connectivity index (χ0n) is 13.8. The first kappa shape index (κ1) is 15.7. The standard InChI is InChI=1S/C18H14N6O2/c1-26-14-6-3-2-5-12(14)7-8-15-22-16-13(17(25)23-15)11-21-24(16)18-19-9-4-10-20-18/h2-11H,1H3,(H,22,23,25)/b8-7+. The topological polar surface area (TPSA) is 98.6 Å². The highest BCUT2D eigenvalue weighted by atomic mass is 16.5. The molecule has 8 heteroatoms. The maximum Gasteiger partial charge on any atom is 0.262 e. The van der Waals surface area contributed by atoms with Gasteiger partial charge in [-0.2, -0.15) is 9.78 Å². The molecule has 1 N–H and O–H groups in total. The van der Waals surface area contributed by atoms with Crippen LogP contribution in [0.5, 0.6) is 5.75 Å². The van der Waals surface area contributed by atoms with Crippen molar-refractivity contribution in [2.24, 2.45) is 0 Å². The van der Waals surface area contributed by atoms with Crippen molar-refractivity contribution in [3.05, 3.63) is 70.7 Å². The summed E-state index contributed by atoms with van der Waals surface area (Å²) in [5.74, 6) is 1.47. The van der Waals surface area contributed by atoms with Crippen LogP contribution in [0.2, 0.25) is 0 Å². The van der Waals surface area contributed by atoms with E-state index in [2.05, 4.69) is 25.0 Å². The van der Waals surface area contributed by atoms with E-state index in [1.54, 1.807) is 31.6 Å².